The molecule has 0 aliphatic carbocycles. The van der Waals surface area contributed by atoms with Crippen molar-refractivity contribution in [1.82, 2.24) is 15.2 Å². The van der Waals surface area contributed by atoms with Crippen LogP contribution in [0.1, 0.15) is 15.9 Å². The van der Waals surface area contributed by atoms with Gasteiger partial charge in [-0.25, -0.2) is 4.79 Å². The fraction of sp³-hybridized carbons (Fsp3) is 0.158. The molecule has 1 heterocycles. The van der Waals surface area contributed by atoms with E-state index in [0.717, 1.165) is 5.56 Å². The average molecular weight is 400 g/mol. The third kappa shape index (κ3) is 4.47. The molecule has 8 nitrogen and oxygen atoms in total. The molecule has 144 valence electrons. The minimum Gasteiger partial charge on any atom is -0.495 e. The Balaban J connectivity index is 1.82. The number of nitrogens with one attached hydrogen (secondary N) is 2. The fourth-order valence-corrected chi connectivity index (χ4v) is 2.61. The van der Waals surface area contributed by atoms with Crippen molar-refractivity contribution in [1.29, 1.82) is 0 Å². The molecular formula is C19H18ClN5O3. The van der Waals surface area contributed by atoms with E-state index < -0.39 is 5.97 Å². The first-order chi connectivity index (χ1) is 13.5. The number of esters is 1. The summed E-state index contributed by atoms with van der Waals surface area (Å²) in [6.45, 7) is 1.90. The number of ether oxygens (including phenoxy) is 2. The summed E-state index contributed by atoms with van der Waals surface area (Å²) >= 11 is 6.14. The molecule has 0 spiro atoms. The predicted molar refractivity (Wildman–Crippen MR) is 107 cm³/mol. The summed E-state index contributed by atoms with van der Waals surface area (Å²) in [5.41, 5.74) is 2.63. The van der Waals surface area contributed by atoms with Crippen LogP contribution in [0.3, 0.4) is 0 Å². The lowest BCUT2D eigenvalue weighted by atomic mass is 10.2. The van der Waals surface area contributed by atoms with Crippen molar-refractivity contribution < 1.29 is 14.3 Å². The zero-order chi connectivity index (χ0) is 20.1. The van der Waals surface area contributed by atoms with Crippen LogP contribution in [-0.4, -0.2) is 35.4 Å². The van der Waals surface area contributed by atoms with Crippen molar-refractivity contribution in [3.8, 4) is 5.75 Å². The van der Waals surface area contributed by atoms with E-state index in [-0.39, 0.29) is 5.95 Å². The summed E-state index contributed by atoms with van der Waals surface area (Å²) in [7, 11) is 2.89. The second-order valence-corrected chi connectivity index (χ2v) is 6.20. The highest BCUT2D eigenvalue weighted by Crippen LogP contribution is 2.32. The van der Waals surface area contributed by atoms with Crippen molar-refractivity contribution in [2.75, 3.05) is 24.9 Å². The number of anilines is 4. The Kier molecular flexibility index (Phi) is 5.90. The van der Waals surface area contributed by atoms with Crippen LogP contribution in [0.5, 0.6) is 5.75 Å². The Morgan fingerprint density at radius 1 is 1.14 bits per heavy atom. The first-order valence-corrected chi connectivity index (χ1v) is 8.64. The third-order valence-corrected chi connectivity index (χ3v) is 4.25. The van der Waals surface area contributed by atoms with Gasteiger partial charge in [0.2, 0.25) is 5.95 Å². The molecule has 0 atom stereocenters. The fourth-order valence-electron chi connectivity index (χ4n) is 2.46. The molecule has 0 aliphatic heterocycles. The lowest BCUT2D eigenvalue weighted by molar-refractivity contribution is 0.0601. The lowest BCUT2D eigenvalue weighted by Gasteiger charge is -2.13. The van der Waals surface area contributed by atoms with Gasteiger partial charge in [-0.15, -0.1) is 5.10 Å². The molecule has 0 amide bonds. The van der Waals surface area contributed by atoms with Crippen LogP contribution in [0.2, 0.25) is 5.02 Å². The van der Waals surface area contributed by atoms with E-state index in [1.54, 1.807) is 37.4 Å². The van der Waals surface area contributed by atoms with Gasteiger partial charge >= 0.3 is 5.97 Å². The molecule has 0 fully saturated rings. The van der Waals surface area contributed by atoms with Crippen LogP contribution in [0.4, 0.5) is 23.1 Å². The number of hydrogen-bond donors (Lipinski definition) is 2. The Hall–Kier alpha value is -3.39. The number of aromatic nitrogens is 3. The molecule has 0 saturated heterocycles. The number of rotatable bonds is 6. The van der Waals surface area contributed by atoms with Crippen LogP contribution < -0.4 is 15.4 Å². The highest BCUT2D eigenvalue weighted by molar-refractivity contribution is 6.31. The van der Waals surface area contributed by atoms with Gasteiger partial charge in [0.1, 0.15) is 5.75 Å². The first-order valence-electron chi connectivity index (χ1n) is 8.26. The molecule has 0 aliphatic rings. The monoisotopic (exact) mass is 399 g/mol. The molecule has 0 bridgehead atoms. The van der Waals surface area contributed by atoms with Crippen molar-refractivity contribution in [2.45, 2.75) is 6.92 Å². The highest BCUT2D eigenvalue weighted by Gasteiger charge is 2.10. The van der Waals surface area contributed by atoms with Crippen LogP contribution in [0.15, 0.2) is 42.6 Å². The second kappa shape index (κ2) is 8.53. The van der Waals surface area contributed by atoms with E-state index in [9.17, 15) is 4.79 Å². The number of aryl methyl sites for hydroxylation is 1. The van der Waals surface area contributed by atoms with Gasteiger partial charge in [0, 0.05) is 16.8 Å². The van der Waals surface area contributed by atoms with Gasteiger partial charge in [0.05, 0.1) is 31.7 Å². The SMILES string of the molecule is COC(=O)c1cccc(Nc2nncc(Nc3cc(C)c(Cl)cc3OC)n2)c1. The summed E-state index contributed by atoms with van der Waals surface area (Å²) in [6, 6.07) is 10.4. The maximum Gasteiger partial charge on any atom is 0.337 e. The van der Waals surface area contributed by atoms with E-state index in [2.05, 4.69) is 25.8 Å². The van der Waals surface area contributed by atoms with E-state index >= 15 is 0 Å². The van der Waals surface area contributed by atoms with Crippen molar-refractivity contribution in [3.63, 3.8) is 0 Å². The van der Waals surface area contributed by atoms with E-state index in [1.807, 2.05) is 13.0 Å². The Morgan fingerprint density at radius 3 is 2.71 bits per heavy atom. The summed E-state index contributed by atoms with van der Waals surface area (Å²) in [5, 5.41) is 14.7. The number of carbonyl (C=O) groups excluding carboxylic acids is 1. The zero-order valence-corrected chi connectivity index (χ0v) is 16.2. The minimum atomic E-state index is -0.427. The molecule has 0 unspecified atom stereocenters. The Morgan fingerprint density at radius 2 is 1.96 bits per heavy atom. The van der Waals surface area contributed by atoms with E-state index in [0.29, 0.717) is 33.5 Å². The highest BCUT2D eigenvalue weighted by atomic mass is 35.5. The van der Waals surface area contributed by atoms with E-state index in [1.165, 1.54) is 13.3 Å². The molecule has 2 N–H and O–H groups in total. The Bertz CT molecular complexity index is 1010. The maximum absolute atomic E-state index is 11.7. The molecule has 9 heteroatoms. The van der Waals surface area contributed by atoms with Crippen molar-refractivity contribution >= 4 is 40.7 Å². The first kappa shape index (κ1) is 19.4. The maximum atomic E-state index is 11.7. The molecule has 3 aromatic rings. The van der Waals surface area contributed by atoms with Crippen LogP contribution in [-0.2, 0) is 4.74 Å². The van der Waals surface area contributed by atoms with Gasteiger partial charge in [-0.3, -0.25) is 0 Å². The average Bonchev–Trinajstić information content (AvgIpc) is 2.70. The molecule has 3 rings (SSSR count). The van der Waals surface area contributed by atoms with Gasteiger partial charge in [-0.1, -0.05) is 17.7 Å². The zero-order valence-electron chi connectivity index (χ0n) is 15.5. The number of hydrogen-bond acceptors (Lipinski definition) is 8. The lowest BCUT2D eigenvalue weighted by Crippen LogP contribution is -2.05. The van der Waals surface area contributed by atoms with Gasteiger partial charge in [0.25, 0.3) is 0 Å². The number of benzene rings is 2. The quantitative estimate of drug-likeness (QED) is 0.597. The number of methoxy groups -OCH3 is 2. The van der Waals surface area contributed by atoms with Gasteiger partial charge in [-0.05, 0) is 36.8 Å². The molecule has 0 saturated carbocycles. The molecule has 0 radical (unpaired) electrons. The largest absolute Gasteiger partial charge is 0.495 e. The van der Waals surface area contributed by atoms with Gasteiger partial charge in [-0.2, -0.15) is 10.1 Å². The number of halogens is 1. The summed E-state index contributed by atoms with van der Waals surface area (Å²) in [5.74, 6) is 0.871. The second-order valence-electron chi connectivity index (χ2n) is 5.79. The van der Waals surface area contributed by atoms with Crippen LogP contribution in [0, 0.1) is 6.92 Å². The molecule has 1 aromatic heterocycles. The van der Waals surface area contributed by atoms with Crippen LogP contribution >= 0.6 is 11.6 Å². The summed E-state index contributed by atoms with van der Waals surface area (Å²) in [6.07, 6.45) is 1.49. The Labute approximate surface area is 166 Å². The minimum absolute atomic E-state index is 0.261. The van der Waals surface area contributed by atoms with Gasteiger partial charge < -0.3 is 20.1 Å². The number of carbonyl (C=O) groups is 1. The van der Waals surface area contributed by atoms with Crippen molar-refractivity contribution in [2.24, 2.45) is 0 Å². The third-order valence-electron chi connectivity index (χ3n) is 3.84. The smallest absolute Gasteiger partial charge is 0.337 e. The van der Waals surface area contributed by atoms with E-state index in [4.69, 9.17) is 21.1 Å². The van der Waals surface area contributed by atoms with Crippen molar-refractivity contribution in [3.05, 3.63) is 58.7 Å². The van der Waals surface area contributed by atoms with Gasteiger partial charge in [0.15, 0.2) is 5.82 Å². The van der Waals surface area contributed by atoms with Crippen LogP contribution in [0.25, 0.3) is 0 Å². The molecular weight excluding hydrogens is 382 g/mol. The summed E-state index contributed by atoms with van der Waals surface area (Å²) < 4.78 is 10.1. The summed E-state index contributed by atoms with van der Waals surface area (Å²) in [4.78, 5) is 16.0. The number of nitrogens with zero attached hydrogens (tertiary/aromatic N) is 3. The normalized spacial score (nSPS) is 10.3. The predicted octanol–water partition coefficient (Wildman–Crippen LogP) is 4.12. The topological polar surface area (TPSA) is 98.3 Å². The molecule has 28 heavy (non-hydrogen) atoms. The molecule has 2 aromatic carbocycles. The standard InChI is InChI=1S/C19H18ClN5O3/c1-11-7-15(16(27-2)9-14(11)20)23-17-10-21-25-19(24-17)22-13-6-4-5-12(8-13)18(26)28-3/h4-10H,1-3H3,(H2,22,23,24,25).